The molecular weight excluding hydrogens is 204 g/mol. The van der Waals surface area contributed by atoms with E-state index in [0.29, 0.717) is 11.3 Å². The van der Waals surface area contributed by atoms with Crippen LogP contribution in [0.4, 0.5) is 0 Å². The Balaban J connectivity index is 3.54. The maximum absolute atomic E-state index is 11.3. The maximum atomic E-state index is 11.3. The molecule has 0 aliphatic carbocycles. The summed E-state index contributed by atoms with van der Waals surface area (Å²) in [6, 6.07) is 0. The normalized spacial score (nSPS) is 12.2. The molecule has 0 unspecified atom stereocenters. The van der Waals surface area contributed by atoms with E-state index in [9.17, 15) is 9.90 Å². The molecule has 1 heterocycles. The molecule has 1 aromatic heterocycles. The van der Waals surface area contributed by atoms with Gasteiger partial charge >= 0.3 is 5.97 Å². The monoisotopic (exact) mass is 224 g/mol. The molecule has 16 heavy (non-hydrogen) atoms. The van der Waals surface area contributed by atoms with Crippen molar-refractivity contribution in [3.05, 3.63) is 22.6 Å². The second-order valence-electron chi connectivity index (χ2n) is 5.49. The van der Waals surface area contributed by atoms with E-state index < -0.39 is 5.97 Å². The molecule has 90 valence electrons. The Morgan fingerprint density at radius 1 is 1.31 bits per heavy atom. The standard InChI is InChI=1S/C13H20O3/c1-7(2)9-8(3)16-11(13(4,5)6)10(9)12(14)15/h7H,1-6H3,(H,14,15). The predicted molar refractivity (Wildman–Crippen MR) is 63.2 cm³/mol. The highest BCUT2D eigenvalue weighted by atomic mass is 16.4. The van der Waals surface area contributed by atoms with Gasteiger partial charge in [0, 0.05) is 11.0 Å². The Morgan fingerprint density at radius 2 is 1.81 bits per heavy atom. The Kier molecular flexibility index (Phi) is 3.17. The van der Waals surface area contributed by atoms with Gasteiger partial charge in [0.25, 0.3) is 0 Å². The van der Waals surface area contributed by atoms with Crippen molar-refractivity contribution < 1.29 is 14.3 Å². The van der Waals surface area contributed by atoms with Crippen molar-refractivity contribution in [2.75, 3.05) is 0 Å². The third kappa shape index (κ3) is 2.13. The molecule has 0 aromatic carbocycles. The van der Waals surface area contributed by atoms with Crippen LogP contribution in [0, 0.1) is 6.92 Å². The third-order valence-corrected chi connectivity index (χ3v) is 2.60. The van der Waals surface area contributed by atoms with Crippen LogP contribution in [0.2, 0.25) is 0 Å². The van der Waals surface area contributed by atoms with Crippen LogP contribution in [-0.4, -0.2) is 11.1 Å². The molecule has 0 aliphatic heterocycles. The van der Waals surface area contributed by atoms with Crippen LogP contribution in [0.3, 0.4) is 0 Å². The summed E-state index contributed by atoms with van der Waals surface area (Å²) in [5.41, 5.74) is 0.878. The van der Waals surface area contributed by atoms with Crippen LogP contribution in [0.25, 0.3) is 0 Å². The van der Waals surface area contributed by atoms with Gasteiger partial charge in [0.05, 0.1) is 0 Å². The summed E-state index contributed by atoms with van der Waals surface area (Å²) < 4.78 is 5.65. The number of aryl methyl sites for hydroxylation is 1. The first-order chi connectivity index (χ1) is 7.16. The Morgan fingerprint density at radius 3 is 2.12 bits per heavy atom. The van der Waals surface area contributed by atoms with E-state index in [0.717, 1.165) is 11.3 Å². The lowest BCUT2D eigenvalue weighted by atomic mass is 9.87. The van der Waals surface area contributed by atoms with Gasteiger partial charge in [0.1, 0.15) is 17.1 Å². The summed E-state index contributed by atoms with van der Waals surface area (Å²) >= 11 is 0. The van der Waals surface area contributed by atoms with Crippen molar-refractivity contribution in [3.63, 3.8) is 0 Å². The van der Waals surface area contributed by atoms with E-state index in [4.69, 9.17) is 4.42 Å². The van der Waals surface area contributed by atoms with Crippen LogP contribution in [0.1, 0.15) is 68.0 Å². The first kappa shape index (κ1) is 12.8. The number of carbonyl (C=O) groups is 1. The third-order valence-electron chi connectivity index (χ3n) is 2.60. The predicted octanol–water partition coefficient (Wildman–Crippen LogP) is 3.71. The fourth-order valence-electron chi connectivity index (χ4n) is 1.99. The van der Waals surface area contributed by atoms with E-state index in [2.05, 4.69) is 0 Å². The molecular formula is C13H20O3. The van der Waals surface area contributed by atoms with Crippen LogP contribution in [0.15, 0.2) is 4.42 Å². The molecule has 0 bridgehead atoms. The van der Waals surface area contributed by atoms with Gasteiger partial charge in [0.2, 0.25) is 0 Å². The molecule has 1 aromatic rings. The number of aromatic carboxylic acids is 1. The van der Waals surface area contributed by atoms with Crippen LogP contribution in [0.5, 0.6) is 0 Å². The number of rotatable bonds is 2. The molecule has 3 heteroatoms. The van der Waals surface area contributed by atoms with E-state index >= 15 is 0 Å². The van der Waals surface area contributed by atoms with E-state index in [1.165, 1.54) is 0 Å². The fraction of sp³-hybridized carbons (Fsp3) is 0.615. The Labute approximate surface area is 96.5 Å². The highest BCUT2D eigenvalue weighted by Gasteiger charge is 2.31. The first-order valence-electron chi connectivity index (χ1n) is 5.53. The first-order valence-corrected chi connectivity index (χ1v) is 5.53. The molecule has 0 spiro atoms. The minimum atomic E-state index is -0.898. The molecule has 0 aliphatic rings. The van der Waals surface area contributed by atoms with Crippen molar-refractivity contribution in [1.82, 2.24) is 0 Å². The lowest BCUT2D eigenvalue weighted by molar-refractivity contribution is 0.0690. The lowest BCUT2D eigenvalue weighted by Crippen LogP contribution is -2.16. The maximum Gasteiger partial charge on any atom is 0.339 e. The summed E-state index contributed by atoms with van der Waals surface area (Å²) in [7, 11) is 0. The zero-order valence-corrected chi connectivity index (χ0v) is 10.8. The topological polar surface area (TPSA) is 50.4 Å². The molecule has 3 nitrogen and oxygen atoms in total. The summed E-state index contributed by atoms with van der Waals surface area (Å²) in [5.74, 6) is 0.551. The fourth-order valence-corrected chi connectivity index (χ4v) is 1.99. The minimum absolute atomic E-state index is 0.158. The summed E-state index contributed by atoms with van der Waals surface area (Å²) in [5, 5.41) is 9.31. The molecule has 0 radical (unpaired) electrons. The molecule has 0 saturated heterocycles. The number of hydrogen-bond donors (Lipinski definition) is 1. The van der Waals surface area contributed by atoms with Gasteiger partial charge in [-0.1, -0.05) is 34.6 Å². The Bertz CT molecular complexity index is 406. The second-order valence-corrected chi connectivity index (χ2v) is 5.49. The highest BCUT2D eigenvalue weighted by Crippen LogP contribution is 2.35. The van der Waals surface area contributed by atoms with E-state index in [1.54, 1.807) is 0 Å². The summed E-state index contributed by atoms with van der Waals surface area (Å²) in [6.45, 7) is 11.7. The van der Waals surface area contributed by atoms with Crippen LogP contribution in [-0.2, 0) is 5.41 Å². The molecule has 0 amide bonds. The van der Waals surface area contributed by atoms with Crippen LogP contribution < -0.4 is 0 Å². The number of carboxylic acids is 1. The van der Waals surface area contributed by atoms with Crippen molar-refractivity contribution in [2.45, 2.75) is 52.9 Å². The van der Waals surface area contributed by atoms with Crippen molar-refractivity contribution in [2.24, 2.45) is 0 Å². The highest BCUT2D eigenvalue weighted by molar-refractivity contribution is 5.91. The van der Waals surface area contributed by atoms with Crippen molar-refractivity contribution in [3.8, 4) is 0 Å². The van der Waals surface area contributed by atoms with Crippen LogP contribution >= 0.6 is 0 Å². The quantitative estimate of drug-likeness (QED) is 0.833. The number of furan rings is 1. The van der Waals surface area contributed by atoms with Gasteiger partial charge in [-0.3, -0.25) is 0 Å². The van der Waals surface area contributed by atoms with E-state index in [-0.39, 0.29) is 11.3 Å². The summed E-state index contributed by atoms with van der Waals surface area (Å²) in [4.78, 5) is 11.3. The summed E-state index contributed by atoms with van der Waals surface area (Å²) in [6.07, 6.45) is 0. The molecule has 0 atom stereocenters. The molecule has 0 saturated carbocycles. The average molecular weight is 224 g/mol. The molecule has 1 N–H and O–H groups in total. The van der Waals surface area contributed by atoms with Gasteiger partial charge < -0.3 is 9.52 Å². The largest absolute Gasteiger partial charge is 0.478 e. The van der Waals surface area contributed by atoms with Crippen molar-refractivity contribution >= 4 is 5.97 Å². The van der Waals surface area contributed by atoms with Gasteiger partial charge in [-0.05, 0) is 12.8 Å². The lowest BCUT2D eigenvalue weighted by Gasteiger charge is -2.16. The second kappa shape index (κ2) is 3.96. The van der Waals surface area contributed by atoms with Gasteiger partial charge in [0.15, 0.2) is 0 Å². The van der Waals surface area contributed by atoms with Gasteiger partial charge in [-0.25, -0.2) is 4.79 Å². The SMILES string of the molecule is Cc1oc(C(C)(C)C)c(C(=O)O)c1C(C)C. The zero-order valence-electron chi connectivity index (χ0n) is 10.8. The molecule has 0 fully saturated rings. The molecule has 1 rings (SSSR count). The average Bonchev–Trinajstić information content (AvgIpc) is 2.41. The smallest absolute Gasteiger partial charge is 0.339 e. The minimum Gasteiger partial charge on any atom is -0.478 e. The van der Waals surface area contributed by atoms with Crippen molar-refractivity contribution in [1.29, 1.82) is 0 Å². The zero-order chi connectivity index (χ0) is 12.7. The Hall–Kier alpha value is -1.25. The van der Waals surface area contributed by atoms with E-state index in [1.807, 2.05) is 41.5 Å². The van der Waals surface area contributed by atoms with Gasteiger partial charge in [-0.2, -0.15) is 0 Å². The number of hydrogen-bond acceptors (Lipinski definition) is 2. The number of carboxylic acid groups (broad SMARTS) is 1. The van der Waals surface area contributed by atoms with Gasteiger partial charge in [-0.15, -0.1) is 0 Å².